The largest absolute Gasteiger partial charge is 0.417 e. The molecule has 1 aromatic carbocycles. The molecule has 0 bridgehead atoms. The summed E-state index contributed by atoms with van der Waals surface area (Å²) in [4.78, 5) is 16.1. The molecular weight excluding hydrogens is 541 g/mol. The Morgan fingerprint density at radius 1 is 1.15 bits per heavy atom. The number of anilines is 2. The van der Waals surface area contributed by atoms with Crippen molar-refractivity contribution in [3.8, 4) is 17.7 Å². The number of rotatable bonds is 7. The maximum atomic E-state index is 9.47. The highest BCUT2D eigenvalue weighted by Gasteiger charge is 2.34. The first-order valence-electron chi connectivity index (χ1n) is 13.1. The van der Waals surface area contributed by atoms with E-state index in [-0.39, 0.29) is 35.1 Å². The number of nitriles is 1. The van der Waals surface area contributed by atoms with Crippen molar-refractivity contribution in [3.63, 3.8) is 0 Å². The minimum Gasteiger partial charge on any atom is -0.417 e. The molecular formula is C26H31Cl2N9O2. The van der Waals surface area contributed by atoms with E-state index in [1.165, 1.54) is 0 Å². The van der Waals surface area contributed by atoms with E-state index in [9.17, 15) is 10.4 Å². The highest BCUT2D eigenvalue weighted by Crippen LogP contribution is 2.32. The van der Waals surface area contributed by atoms with Crippen LogP contribution >= 0.6 is 23.2 Å². The molecule has 0 saturated carbocycles. The predicted molar refractivity (Wildman–Crippen MR) is 148 cm³/mol. The van der Waals surface area contributed by atoms with Gasteiger partial charge >= 0.3 is 0 Å². The second kappa shape index (κ2) is 12.0. The number of piperazine rings is 1. The van der Waals surface area contributed by atoms with Gasteiger partial charge in [-0.1, -0.05) is 36.2 Å². The first-order valence-corrected chi connectivity index (χ1v) is 13.8. The maximum Gasteiger partial charge on any atom is 0.270 e. The molecule has 0 spiro atoms. The molecule has 13 heteroatoms. The number of benzene rings is 1. The maximum absolute atomic E-state index is 9.47. The number of hydrogen-bond donors (Lipinski definition) is 2. The number of aromatic nitrogens is 4. The molecule has 0 aliphatic carbocycles. The van der Waals surface area contributed by atoms with E-state index in [0.29, 0.717) is 28.5 Å². The molecule has 3 aromatic rings. The zero-order chi connectivity index (χ0) is 27.5. The molecule has 1 unspecified atom stereocenters. The molecule has 4 heterocycles. The van der Waals surface area contributed by atoms with Crippen LogP contribution < -0.4 is 10.6 Å². The lowest BCUT2D eigenvalue weighted by Crippen LogP contribution is -2.58. The minimum absolute atomic E-state index is 0.0658. The molecule has 2 aliphatic heterocycles. The van der Waals surface area contributed by atoms with Crippen molar-refractivity contribution in [3.05, 3.63) is 45.4 Å². The van der Waals surface area contributed by atoms with Gasteiger partial charge in [-0.2, -0.15) is 5.26 Å². The molecule has 39 heavy (non-hydrogen) atoms. The zero-order valence-corrected chi connectivity index (χ0v) is 23.2. The molecule has 5 rings (SSSR count). The van der Waals surface area contributed by atoms with Gasteiger partial charge in [-0.25, -0.2) is 9.97 Å². The van der Waals surface area contributed by atoms with Crippen LogP contribution in [0.25, 0.3) is 11.6 Å². The summed E-state index contributed by atoms with van der Waals surface area (Å²) in [7, 11) is 0. The number of aliphatic hydroxyl groups excluding tert-OH is 1. The lowest BCUT2D eigenvalue weighted by Gasteiger charge is -2.47. The fourth-order valence-electron chi connectivity index (χ4n) is 5.54. The molecule has 2 saturated heterocycles. The van der Waals surface area contributed by atoms with E-state index in [4.69, 9.17) is 33.4 Å². The standard InChI is InChI=1S/C26H31Cl2N9O2/c1-2-19-14-36(25-23(28)31-22(24(30)32-25)26-34-33-21(15-38)39-26)9-10-37(19)20-5-7-35(8-6-20)13-16-3-4-18(27)11-17(16)12-29/h3-4,11,19-20,38H,2,5-10,13-15H2,1H3,(H2,30,32). The van der Waals surface area contributed by atoms with Gasteiger partial charge in [0.1, 0.15) is 6.61 Å². The quantitative estimate of drug-likeness (QED) is 0.430. The van der Waals surface area contributed by atoms with Crippen molar-refractivity contribution in [2.45, 2.75) is 51.4 Å². The molecule has 2 fully saturated rings. The van der Waals surface area contributed by atoms with Crippen molar-refractivity contribution in [1.82, 2.24) is 30.0 Å². The van der Waals surface area contributed by atoms with Crippen molar-refractivity contribution >= 4 is 34.8 Å². The third-order valence-corrected chi connectivity index (χ3v) is 8.07. The van der Waals surface area contributed by atoms with Crippen LogP contribution in [0.1, 0.15) is 43.2 Å². The van der Waals surface area contributed by atoms with Gasteiger partial charge in [0.05, 0.1) is 11.6 Å². The number of nitrogens with zero attached hydrogens (tertiary/aromatic N) is 8. The second-order valence-electron chi connectivity index (χ2n) is 9.90. The number of hydrogen-bond acceptors (Lipinski definition) is 11. The Hall–Kier alpha value is -3.01. The van der Waals surface area contributed by atoms with Crippen LogP contribution in [-0.4, -0.2) is 79.9 Å². The smallest absolute Gasteiger partial charge is 0.270 e. The van der Waals surface area contributed by atoms with Crippen LogP contribution in [0.15, 0.2) is 22.6 Å². The highest BCUT2D eigenvalue weighted by molar-refractivity contribution is 6.32. The summed E-state index contributed by atoms with van der Waals surface area (Å²) in [6.07, 6.45) is 3.15. The number of aliphatic hydroxyl groups is 1. The number of piperidine rings is 1. The molecule has 0 amide bonds. The van der Waals surface area contributed by atoms with Crippen molar-refractivity contribution < 1.29 is 9.52 Å². The van der Waals surface area contributed by atoms with Gasteiger partial charge in [-0.05, 0) is 50.0 Å². The molecule has 206 valence electrons. The van der Waals surface area contributed by atoms with E-state index in [1.807, 2.05) is 12.1 Å². The third-order valence-electron chi connectivity index (χ3n) is 7.58. The van der Waals surface area contributed by atoms with E-state index >= 15 is 0 Å². The summed E-state index contributed by atoms with van der Waals surface area (Å²) in [5.41, 5.74) is 8.07. The fraction of sp³-hybridized carbons (Fsp3) is 0.500. The second-order valence-corrected chi connectivity index (χ2v) is 10.7. The lowest BCUT2D eigenvalue weighted by molar-refractivity contribution is 0.0610. The van der Waals surface area contributed by atoms with Crippen LogP contribution in [0.4, 0.5) is 11.6 Å². The lowest BCUT2D eigenvalue weighted by atomic mass is 9.97. The molecule has 2 aromatic heterocycles. The molecule has 2 aliphatic rings. The van der Waals surface area contributed by atoms with E-state index < -0.39 is 0 Å². The van der Waals surface area contributed by atoms with Gasteiger partial charge < -0.3 is 20.2 Å². The Morgan fingerprint density at radius 3 is 2.64 bits per heavy atom. The Balaban J connectivity index is 1.21. The normalized spacial score (nSPS) is 19.4. The van der Waals surface area contributed by atoms with Gasteiger partial charge in [0.15, 0.2) is 22.5 Å². The summed E-state index contributed by atoms with van der Waals surface area (Å²) in [6.45, 7) is 6.98. The molecule has 0 radical (unpaired) electrons. The highest BCUT2D eigenvalue weighted by atomic mass is 35.5. The van der Waals surface area contributed by atoms with Crippen LogP contribution in [-0.2, 0) is 13.2 Å². The summed E-state index contributed by atoms with van der Waals surface area (Å²) in [5.74, 6) is 0.825. The van der Waals surface area contributed by atoms with Gasteiger partial charge in [0.2, 0.25) is 5.89 Å². The Bertz CT molecular complexity index is 1350. The summed E-state index contributed by atoms with van der Waals surface area (Å²) >= 11 is 12.6. The van der Waals surface area contributed by atoms with E-state index in [0.717, 1.165) is 64.1 Å². The van der Waals surface area contributed by atoms with E-state index in [2.05, 4.69) is 47.9 Å². The number of likely N-dealkylation sites (tertiary alicyclic amines) is 1. The van der Waals surface area contributed by atoms with Crippen molar-refractivity contribution in [1.29, 1.82) is 5.26 Å². The predicted octanol–water partition coefficient (Wildman–Crippen LogP) is 3.34. The summed E-state index contributed by atoms with van der Waals surface area (Å²) in [5, 5.41) is 27.1. The average molecular weight is 573 g/mol. The van der Waals surface area contributed by atoms with Gasteiger partial charge in [-0.15, -0.1) is 10.2 Å². The Kier molecular flexibility index (Phi) is 8.49. The number of halogens is 2. The summed E-state index contributed by atoms with van der Waals surface area (Å²) in [6, 6.07) is 8.67. The van der Waals surface area contributed by atoms with E-state index in [1.54, 1.807) is 6.07 Å². The Morgan fingerprint density at radius 2 is 1.95 bits per heavy atom. The molecule has 1 atom stereocenters. The first-order chi connectivity index (χ1) is 18.9. The van der Waals surface area contributed by atoms with Gasteiger partial charge in [0, 0.05) is 43.3 Å². The third kappa shape index (κ3) is 5.95. The van der Waals surface area contributed by atoms with Crippen molar-refractivity contribution in [2.24, 2.45) is 0 Å². The van der Waals surface area contributed by atoms with Crippen LogP contribution in [0.5, 0.6) is 0 Å². The molecule has 11 nitrogen and oxygen atoms in total. The van der Waals surface area contributed by atoms with Crippen LogP contribution in [0.2, 0.25) is 10.2 Å². The van der Waals surface area contributed by atoms with Crippen LogP contribution in [0, 0.1) is 11.3 Å². The summed E-state index contributed by atoms with van der Waals surface area (Å²) < 4.78 is 5.36. The average Bonchev–Trinajstić information content (AvgIpc) is 3.44. The van der Waals surface area contributed by atoms with Crippen LogP contribution in [0.3, 0.4) is 0 Å². The van der Waals surface area contributed by atoms with Crippen molar-refractivity contribution in [2.75, 3.05) is 43.4 Å². The van der Waals surface area contributed by atoms with Gasteiger partial charge in [-0.3, -0.25) is 9.80 Å². The zero-order valence-electron chi connectivity index (χ0n) is 21.7. The fourth-order valence-corrected chi connectivity index (χ4v) is 5.96. The number of nitrogens with two attached hydrogens (primary N) is 1. The minimum atomic E-state index is -0.377. The monoisotopic (exact) mass is 571 g/mol. The van der Waals surface area contributed by atoms with Gasteiger partial charge in [0.25, 0.3) is 5.89 Å². The Labute approximate surface area is 237 Å². The SMILES string of the molecule is CCC1CN(c2nc(N)c(-c3nnc(CO)o3)nc2Cl)CCN1C1CCN(Cc2ccc(Cl)cc2C#N)CC1. The first kappa shape index (κ1) is 27.6. The topological polar surface area (TPSA) is 144 Å². The number of nitrogen functional groups attached to an aromatic ring is 1. The molecule has 3 N–H and O–H groups in total.